The van der Waals surface area contributed by atoms with E-state index in [-0.39, 0.29) is 0 Å². The topological polar surface area (TPSA) is 40.6 Å². The van der Waals surface area contributed by atoms with Gasteiger partial charge in [-0.3, -0.25) is 9.88 Å². The van der Waals surface area contributed by atoms with E-state index in [0.717, 1.165) is 58.3 Å². The van der Waals surface area contributed by atoms with Crippen LogP contribution in [0, 0.1) is 0 Å². The fourth-order valence-corrected chi connectivity index (χ4v) is 5.74. The fraction of sp³-hybridized carbons (Fsp3) is 0.323. The second-order valence-corrected chi connectivity index (χ2v) is 9.95. The van der Waals surface area contributed by atoms with Gasteiger partial charge in [-0.1, -0.05) is 31.0 Å². The number of benzene rings is 3. The number of anilines is 3. The maximum atomic E-state index is 5.31. The summed E-state index contributed by atoms with van der Waals surface area (Å²) < 4.78 is 5.31. The van der Waals surface area contributed by atoms with Crippen LogP contribution in [0.3, 0.4) is 0 Å². The predicted molar refractivity (Wildman–Crippen MR) is 149 cm³/mol. The van der Waals surface area contributed by atoms with Gasteiger partial charge in [0.2, 0.25) is 0 Å². The molecule has 4 aromatic rings. The second kappa shape index (κ2) is 10.2. The highest BCUT2D eigenvalue weighted by Crippen LogP contribution is 2.31. The van der Waals surface area contributed by atoms with Crippen molar-refractivity contribution in [1.82, 2.24) is 9.88 Å². The minimum absolute atomic E-state index is 0.833. The molecule has 6 rings (SSSR count). The average molecular weight is 479 g/mol. The molecule has 0 amide bonds. The molecule has 2 aliphatic rings. The van der Waals surface area contributed by atoms with Crippen molar-refractivity contribution >= 4 is 28.0 Å². The van der Waals surface area contributed by atoms with Crippen LogP contribution in [0.1, 0.15) is 25.7 Å². The van der Waals surface area contributed by atoms with E-state index < -0.39 is 0 Å². The van der Waals surface area contributed by atoms with Gasteiger partial charge in [0.25, 0.3) is 0 Å². The highest BCUT2D eigenvalue weighted by Gasteiger charge is 2.26. The molecule has 36 heavy (non-hydrogen) atoms. The Morgan fingerprint density at radius 3 is 2.25 bits per heavy atom. The molecule has 2 heterocycles. The molecular formula is C31H34N4O. The predicted octanol–water partition coefficient (Wildman–Crippen LogP) is 6.72. The smallest absolute Gasteiger partial charge is 0.118 e. The minimum atomic E-state index is 0.833. The van der Waals surface area contributed by atoms with Gasteiger partial charge in [0, 0.05) is 60.9 Å². The number of methoxy groups -OCH3 is 1. The van der Waals surface area contributed by atoms with Gasteiger partial charge in [-0.05, 0) is 78.6 Å². The van der Waals surface area contributed by atoms with Gasteiger partial charge in [-0.15, -0.1) is 0 Å². The molecule has 1 aliphatic heterocycles. The van der Waals surface area contributed by atoms with Crippen LogP contribution in [0.2, 0.25) is 0 Å². The van der Waals surface area contributed by atoms with Crippen molar-refractivity contribution in [3.8, 4) is 16.9 Å². The van der Waals surface area contributed by atoms with Crippen LogP contribution >= 0.6 is 0 Å². The third kappa shape index (κ3) is 4.76. The first-order chi connectivity index (χ1) is 17.8. The molecule has 0 spiro atoms. The summed E-state index contributed by atoms with van der Waals surface area (Å²) >= 11 is 0. The van der Waals surface area contributed by atoms with E-state index >= 15 is 0 Å². The van der Waals surface area contributed by atoms with Crippen LogP contribution < -0.4 is 15.0 Å². The van der Waals surface area contributed by atoms with Crippen LogP contribution in [-0.4, -0.2) is 49.2 Å². The van der Waals surface area contributed by atoms with Crippen LogP contribution in [0.4, 0.5) is 17.1 Å². The molecule has 1 saturated heterocycles. The van der Waals surface area contributed by atoms with Gasteiger partial charge < -0.3 is 15.0 Å². The van der Waals surface area contributed by atoms with Crippen molar-refractivity contribution in [1.29, 1.82) is 0 Å². The summed E-state index contributed by atoms with van der Waals surface area (Å²) in [5.74, 6) is 0.864. The zero-order valence-electron chi connectivity index (χ0n) is 21.0. The van der Waals surface area contributed by atoms with E-state index in [1.54, 1.807) is 7.11 Å². The van der Waals surface area contributed by atoms with Gasteiger partial charge >= 0.3 is 0 Å². The Hall–Kier alpha value is -3.57. The Labute approximate surface area is 213 Å². The Kier molecular flexibility index (Phi) is 6.48. The molecule has 184 valence electrons. The van der Waals surface area contributed by atoms with Crippen LogP contribution in [0.5, 0.6) is 5.75 Å². The number of rotatable bonds is 6. The fourth-order valence-electron chi connectivity index (χ4n) is 5.74. The number of pyridine rings is 1. The summed E-state index contributed by atoms with van der Waals surface area (Å²) in [7, 11) is 1.69. The number of nitrogens with zero attached hydrogens (tertiary/aromatic N) is 3. The molecule has 0 bridgehead atoms. The van der Waals surface area contributed by atoms with Gasteiger partial charge in [0.1, 0.15) is 5.75 Å². The number of aromatic nitrogens is 1. The molecule has 1 saturated carbocycles. The molecule has 5 heteroatoms. The quantitative estimate of drug-likeness (QED) is 0.333. The van der Waals surface area contributed by atoms with Crippen LogP contribution in [0.25, 0.3) is 22.0 Å². The molecule has 5 nitrogen and oxygen atoms in total. The molecular weight excluding hydrogens is 444 g/mol. The van der Waals surface area contributed by atoms with E-state index in [1.807, 2.05) is 18.3 Å². The largest absolute Gasteiger partial charge is 0.497 e. The molecule has 0 radical (unpaired) electrons. The number of ether oxygens (including phenoxy) is 1. The van der Waals surface area contributed by atoms with Crippen molar-refractivity contribution in [3.63, 3.8) is 0 Å². The maximum Gasteiger partial charge on any atom is 0.118 e. The summed E-state index contributed by atoms with van der Waals surface area (Å²) in [5, 5.41) is 4.74. The Morgan fingerprint density at radius 2 is 1.53 bits per heavy atom. The van der Waals surface area contributed by atoms with Crippen LogP contribution in [-0.2, 0) is 0 Å². The van der Waals surface area contributed by atoms with Crippen molar-refractivity contribution < 1.29 is 4.74 Å². The molecule has 1 aromatic heterocycles. The lowest BCUT2D eigenvalue weighted by molar-refractivity contribution is 0.187. The third-order valence-electron chi connectivity index (χ3n) is 7.83. The summed E-state index contributed by atoms with van der Waals surface area (Å²) in [4.78, 5) is 9.83. The normalized spacial score (nSPS) is 17.0. The second-order valence-electron chi connectivity index (χ2n) is 9.95. The van der Waals surface area contributed by atoms with Gasteiger partial charge in [0.05, 0.1) is 12.6 Å². The maximum absolute atomic E-state index is 5.31. The van der Waals surface area contributed by atoms with E-state index in [2.05, 4.69) is 80.8 Å². The van der Waals surface area contributed by atoms with E-state index in [0.29, 0.717) is 0 Å². The summed E-state index contributed by atoms with van der Waals surface area (Å²) in [6.07, 6.45) is 7.48. The van der Waals surface area contributed by atoms with Crippen molar-refractivity contribution in [2.24, 2.45) is 0 Å². The zero-order valence-corrected chi connectivity index (χ0v) is 21.0. The molecule has 1 aliphatic carbocycles. The molecule has 2 fully saturated rings. The summed E-state index contributed by atoms with van der Waals surface area (Å²) in [5.41, 5.74) is 6.76. The molecule has 3 aromatic carbocycles. The lowest BCUT2D eigenvalue weighted by Crippen LogP contribution is -2.49. The van der Waals surface area contributed by atoms with Gasteiger partial charge in [-0.2, -0.15) is 0 Å². The SMILES string of the molecule is COc1ccc(-c2ccc3nccc(Nc4ccc(N5CCN(C6CCCC6)CC5)cc4)c3c2)cc1. The highest BCUT2D eigenvalue weighted by atomic mass is 16.5. The summed E-state index contributed by atoms with van der Waals surface area (Å²) in [6.45, 7) is 4.60. The first-order valence-electron chi connectivity index (χ1n) is 13.2. The molecule has 0 atom stereocenters. The van der Waals surface area contributed by atoms with Crippen molar-refractivity contribution in [2.45, 2.75) is 31.7 Å². The zero-order chi connectivity index (χ0) is 24.3. The Bertz CT molecular complexity index is 1300. The number of hydrogen-bond acceptors (Lipinski definition) is 5. The Morgan fingerprint density at radius 1 is 0.806 bits per heavy atom. The highest BCUT2D eigenvalue weighted by molar-refractivity contribution is 5.95. The lowest BCUT2D eigenvalue weighted by atomic mass is 10.0. The van der Waals surface area contributed by atoms with E-state index in [1.165, 1.54) is 44.5 Å². The number of nitrogens with one attached hydrogen (secondary N) is 1. The monoisotopic (exact) mass is 478 g/mol. The summed E-state index contributed by atoms with van der Waals surface area (Å²) in [6, 6.07) is 26.4. The number of hydrogen-bond donors (Lipinski definition) is 1. The standard InChI is InChI=1S/C31H34N4O/c1-36-28-13-6-23(7-14-28)24-8-15-30-29(22-24)31(16-17-32-30)33-25-9-11-27(12-10-25)35-20-18-34(19-21-35)26-4-2-3-5-26/h6-17,22,26H,2-5,18-21H2,1H3,(H,32,33). The lowest BCUT2D eigenvalue weighted by Gasteiger charge is -2.39. The van der Waals surface area contributed by atoms with Crippen molar-refractivity contribution in [2.75, 3.05) is 43.5 Å². The van der Waals surface area contributed by atoms with E-state index in [4.69, 9.17) is 4.74 Å². The van der Waals surface area contributed by atoms with Crippen molar-refractivity contribution in [3.05, 3.63) is 79.0 Å². The Balaban J connectivity index is 1.17. The van der Waals surface area contributed by atoms with Gasteiger partial charge in [-0.25, -0.2) is 0 Å². The number of piperazine rings is 1. The minimum Gasteiger partial charge on any atom is -0.497 e. The first kappa shape index (κ1) is 22.9. The third-order valence-corrected chi connectivity index (χ3v) is 7.83. The van der Waals surface area contributed by atoms with Gasteiger partial charge in [0.15, 0.2) is 0 Å². The van der Waals surface area contributed by atoms with Crippen LogP contribution in [0.15, 0.2) is 79.0 Å². The van der Waals surface area contributed by atoms with E-state index in [9.17, 15) is 0 Å². The number of fused-ring (bicyclic) bond motifs is 1. The average Bonchev–Trinajstić information content (AvgIpc) is 3.49. The molecule has 0 unspecified atom stereocenters. The molecule has 1 N–H and O–H groups in total. The first-order valence-corrected chi connectivity index (χ1v) is 13.2.